The van der Waals surface area contributed by atoms with Crippen molar-refractivity contribution in [1.29, 1.82) is 0 Å². The highest BCUT2D eigenvalue weighted by Gasteiger charge is 2.37. The minimum atomic E-state index is -0.711. The van der Waals surface area contributed by atoms with Gasteiger partial charge in [0, 0.05) is 6.04 Å². The van der Waals surface area contributed by atoms with Crippen LogP contribution in [0.2, 0.25) is 0 Å². The molecule has 3 heteroatoms. The Kier molecular flexibility index (Phi) is 5.40. The van der Waals surface area contributed by atoms with E-state index in [2.05, 4.69) is 43.4 Å². The summed E-state index contributed by atoms with van der Waals surface area (Å²) in [6.45, 7) is 4.40. The van der Waals surface area contributed by atoms with Crippen LogP contribution >= 0.6 is 0 Å². The first kappa shape index (κ1) is 16.0. The van der Waals surface area contributed by atoms with E-state index in [0.29, 0.717) is 6.04 Å². The molecular weight excluding hydrogens is 262 g/mol. The lowest BCUT2D eigenvalue weighted by molar-refractivity contribution is -0.139. The molecule has 1 aliphatic rings. The number of carboxylic acid groups (broad SMARTS) is 1. The smallest absolute Gasteiger partial charge is 0.320 e. The molecule has 0 aromatic heterocycles. The second-order valence-electron chi connectivity index (χ2n) is 6.57. The molecule has 116 valence electrons. The van der Waals surface area contributed by atoms with E-state index in [1.807, 2.05) is 6.07 Å². The largest absolute Gasteiger partial charge is 0.480 e. The lowest BCUT2D eigenvalue weighted by atomic mass is 9.81. The van der Waals surface area contributed by atoms with Crippen molar-refractivity contribution in [1.82, 2.24) is 5.32 Å². The van der Waals surface area contributed by atoms with E-state index < -0.39 is 12.0 Å². The molecule has 0 amide bonds. The normalized spacial score (nSPS) is 26.7. The maximum Gasteiger partial charge on any atom is 0.320 e. The Bertz CT molecular complexity index is 460. The molecule has 0 heterocycles. The second-order valence-corrected chi connectivity index (χ2v) is 6.57. The molecule has 1 aromatic rings. The van der Waals surface area contributed by atoms with Gasteiger partial charge in [0.25, 0.3) is 0 Å². The molecule has 2 unspecified atom stereocenters. The van der Waals surface area contributed by atoms with Crippen molar-refractivity contribution in [3.8, 4) is 0 Å². The summed E-state index contributed by atoms with van der Waals surface area (Å²) >= 11 is 0. The standard InChI is InChI=1S/C18H27NO2/c1-3-4-10-16(17(20)21)19-15-11-12-18(2,13-15)14-8-6-5-7-9-14/h5-9,15-16,19H,3-4,10-13H2,1-2H3,(H,20,21)/t15?,16-,18?/m0/s1. The van der Waals surface area contributed by atoms with E-state index in [9.17, 15) is 9.90 Å². The predicted octanol–water partition coefficient (Wildman–Crippen LogP) is 3.73. The average Bonchev–Trinajstić information content (AvgIpc) is 2.87. The topological polar surface area (TPSA) is 49.3 Å². The highest BCUT2D eigenvalue weighted by molar-refractivity contribution is 5.73. The van der Waals surface area contributed by atoms with Crippen LogP contribution in [0.5, 0.6) is 0 Å². The summed E-state index contributed by atoms with van der Waals surface area (Å²) in [4.78, 5) is 11.4. The van der Waals surface area contributed by atoms with Gasteiger partial charge in [-0.1, -0.05) is 57.0 Å². The maximum atomic E-state index is 11.4. The molecule has 1 aliphatic carbocycles. The fraction of sp³-hybridized carbons (Fsp3) is 0.611. The van der Waals surface area contributed by atoms with Crippen molar-refractivity contribution in [3.05, 3.63) is 35.9 Å². The Morgan fingerprint density at radius 2 is 2.14 bits per heavy atom. The third kappa shape index (κ3) is 4.07. The van der Waals surface area contributed by atoms with Crippen molar-refractivity contribution in [2.45, 2.75) is 69.9 Å². The van der Waals surface area contributed by atoms with Crippen LogP contribution in [0, 0.1) is 0 Å². The van der Waals surface area contributed by atoms with Gasteiger partial charge in [-0.2, -0.15) is 0 Å². The molecular formula is C18H27NO2. The SMILES string of the molecule is CCCC[C@H](NC1CCC(C)(c2ccccc2)C1)C(=O)O. The summed E-state index contributed by atoms with van der Waals surface area (Å²) in [5, 5.41) is 12.7. The van der Waals surface area contributed by atoms with Gasteiger partial charge in [-0.3, -0.25) is 4.79 Å². The number of aliphatic carboxylic acids is 1. The van der Waals surface area contributed by atoms with Crippen LogP contribution in [0.1, 0.15) is 57.9 Å². The third-order valence-electron chi connectivity index (χ3n) is 4.79. The Hall–Kier alpha value is -1.35. The highest BCUT2D eigenvalue weighted by Crippen LogP contribution is 2.40. The lowest BCUT2D eigenvalue weighted by Crippen LogP contribution is -2.42. The van der Waals surface area contributed by atoms with Crippen LogP contribution in [0.15, 0.2) is 30.3 Å². The number of unbranched alkanes of at least 4 members (excludes halogenated alkanes) is 1. The molecule has 1 fully saturated rings. The van der Waals surface area contributed by atoms with Gasteiger partial charge < -0.3 is 10.4 Å². The highest BCUT2D eigenvalue weighted by atomic mass is 16.4. The number of benzene rings is 1. The van der Waals surface area contributed by atoms with Crippen LogP contribution in [0.3, 0.4) is 0 Å². The van der Waals surface area contributed by atoms with Gasteiger partial charge in [0.05, 0.1) is 0 Å². The van der Waals surface area contributed by atoms with Gasteiger partial charge in [0.15, 0.2) is 0 Å². The van der Waals surface area contributed by atoms with Crippen LogP contribution in [0.25, 0.3) is 0 Å². The number of carboxylic acids is 1. The van der Waals surface area contributed by atoms with E-state index >= 15 is 0 Å². The summed E-state index contributed by atoms with van der Waals surface area (Å²) in [6.07, 6.45) is 5.93. The Labute approximate surface area is 127 Å². The molecule has 3 atom stereocenters. The lowest BCUT2D eigenvalue weighted by Gasteiger charge is -2.26. The van der Waals surface area contributed by atoms with Gasteiger partial charge >= 0.3 is 5.97 Å². The molecule has 3 nitrogen and oxygen atoms in total. The maximum absolute atomic E-state index is 11.4. The minimum absolute atomic E-state index is 0.173. The third-order valence-corrected chi connectivity index (χ3v) is 4.79. The van der Waals surface area contributed by atoms with Gasteiger partial charge in [0.1, 0.15) is 6.04 Å². The van der Waals surface area contributed by atoms with E-state index in [4.69, 9.17) is 0 Å². The monoisotopic (exact) mass is 289 g/mol. The molecule has 0 bridgehead atoms. The number of hydrogen-bond donors (Lipinski definition) is 2. The average molecular weight is 289 g/mol. The quantitative estimate of drug-likeness (QED) is 0.804. The van der Waals surface area contributed by atoms with E-state index in [-0.39, 0.29) is 5.41 Å². The van der Waals surface area contributed by atoms with Gasteiger partial charge in [0.2, 0.25) is 0 Å². The predicted molar refractivity (Wildman–Crippen MR) is 85.5 cm³/mol. The first-order valence-corrected chi connectivity index (χ1v) is 8.09. The molecule has 0 aliphatic heterocycles. The fourth-order valence-electron chi connectivity index (χ4n) is 3.46. The van der Waals surface area contributed by atoms with Gasteiger partial charge in [-0.05, 0) is 36.7 Å². The first-order chi connectivity index (χ1) is 10.0. The number of carbonyl (C=O) groups is 1. The first-order valence-electron chi connectivity index (χ1n) is 8.09. The van der Waals surface area contributed by atoms with Crippen LogP contribution < -0.4 is 5.32 Å². The van der Waals surface area contributed by atoms with E-state index in [0.717, 1.165) is 38.5 Å². The summed E-state index contributed by atoms with van der Waals surface area (Å²) in [7, 11) is 0. The number of nitrogens with one attached hydrogen (secondary N) is 1. The zero-order valence-corrected chi connectivity index (χ0v) is 13.1. The van der Waals surface area contributed by atoms with Crippen LogP contribution in [0.4, 0.5) is 0 Å². The second kappa shape index (κ2) is 7.08. The number of hydrogen-bond acceptors (Lipinski definition) is 2. The molecule has 0 radical (unpaired) electrons. The van der Waals surface area contributed by atoms with Gasteiger partial charge in [-0.25, -0.2) is 0 Å². The summed E-state index contributed by atoms with van der Waals surface area (Å²) < 4.78 is 0. The Morgan fingerprint density at radius 1 is 1.43 bits per heavy atom. The number of rotatable bonds is 7. The zero-order chi connectivity index (χ0) is 15.3. The van der Waals surface area contributed by atoms with Crippen LogP contribution in [-0.4, -0.2) is 23.2 Å². The van der Waals surface area contributed by atoms with Crippen molar-refractivity contribution in [3.63, 3.8) is 0 Å². The Morgan fingerprint density at radius 3 is 2.76 bits per heavy atom. The molecule has 1 saturated carbocycles. The van der Waals surface area contributed by atoms with Crippen molar-refractivity contribution >= 4 is 5.97 Å². The molecule has 21 heavy (non-hydrogen) atoms. The summed E-state index contributed by atoms with van der Waals surface area (Å²) in [6, 6.07) is 10.5. The van der Waals surface area contributed by atoms with Crippen molar-refractivity contribution < 1.29 is 9.90 Å². The molecule has 2 N–H and O–H groups in total. The summed E-state index contributed by atoms with van der Waals surface area (Å²) in [5.41, 5.74) is 1.54. The summed E-state index contributed by atoms with van der Waals surface area (Å²) in [5.74, 6) is -0.711. The van der Waals surface area contributed by atoms with E-state index in [1.165, 1.54) is 5.56 Å². The molecule has 1 aromatic carbocycles. The zero-order valence-electron chi connectivity index (χ0n) is 13.1. The minimum Gasteiger partial charge on any atom is -0.480 e. The Balaban J connectivity index is 1.96. The van der Waals surface area contributed by atoms with Crippen LogP contribution in [-0.2, 0) is 10.2 Å². The fourth-order valence-corrected chi connectivity index (χ4v) is 3.46. The van der Waals surface area contributed by atoms with Gasteiger partial charge in [-0.15, -0.1) is 0 Å². The molecule has 0 spiro atoms. The van der Waals surface area contributed by atoms with E-state index in [1.54, 1.807) is 0 Å². The molecule has 0 saturated heterocycles. The molecule has 2 rings (SSSR count). The van der Waals surface area contributed by atoms with Crippen molar-refractivity contribution in [2.75, 3.05) is 0 Å². The van der Waals surface area contributed by atoms with Crippen molar-refractivity contribution in [2.24, 2.45) is 0 Å².